The van der Waals surface area contributed by atoms with Crippen molar-refractivity contribution < 1.29 is 4.79 Å². The van der Waals surface area contributed by atoms with Gasteiger partial charge in [0.15, 0.2) is 0 Å². The summed E-state index contributed by atoms with van der Waals surface area (Å²) in [5.74, 6) is 0.953. The molecule has 0 unspecified atom stereocenters. The van der Waals surface area contributed by atoms with Crippen molar-refractivity contribution >= 4 is 17.7 Å². The average molecular weight is 257 g/mol. The molecule has 17 heavy (non-hydrogen) atoms. The first-order valence-corrected chi connectivity index (χ1v) is 6.89. The minimum absolute atomic E-state index is 0.124. The van der Waals surface area contributed by atoms with Crippen LogP contribution in [0.2, 0.25) is 0 Å². The van der Waals surface area contributed by atoms with Crippen LogP contribution in [0.4, 0.5) is 0 Å². The standard InChI is InChI=1S/C10H19N5OS/c1-3-4-7-11-9(16)6-5-8-17-10(2)12-14-15-13-10/h3-8H2,1-2H3,(H,11,16). The van der Waals surface area contributed by atoms with Gasteiger partial charge in [-0.2, -0.15) is 0 Å². The second-order valence-corrected chi connectivity index (χ2v) is 5.44. The lowest BCUT2D eigenvalue weighted by Gasteiger charge is -2.12. The van der Waals surface area contributed by atoms with Crippen LogP contribution in [-0.4, -0.2) is 23.2 Å². The van der Waals surface area contributed by atoms with Crippen LogP contribution in [-0.2, 0) is 4.79 Å². The van der Waals surface area contributed by atoms with E-state index in [2.05, 4.69) is 32.9 Å². The number of thioether (sulfide) groups is 1. The van der Waals surface area contributed by atoms with Crippen molar-refractivity contribution in [1.29, 1.82) is 0 Å². The predicted octanol–water partition coefficient (Wildman–Crippen LogP) is 2.92. The number of hydrogen-bond donors (Lipinski definition) is 1. The van der Waals surface area contributed by atoms with Gasteiger partial charge < -0.3 is 5.32 Å². The largest absolute Gasteiger partial charge is 0.356 e. The Morgan fingerprint density at radius 3 is 2.65 bits per heavy atom. The fourth-order valence-corrected chi connectivity index (χ4v) is 2.14. The summed E-state index contributed by atoms with van der Waals surface area (Å²) in [7, 11) is 0. The lowest BCUT2D eigenvalue weighted by molar-refractivity contribution is -0.121. The highest BCUT2D eigenvalue weighted by atomic mass is 32.2. The van der Waals surface area contributed by atoms with Crippen LogP contribution in [0.3, 0.4) is 0 Å². The normalized spacial score (nSPS) is 16.4. The molecule has 0 fully saturated rings. The molecule has 0 aliphatic carbocycles. The molecular formula is C10H19N5OS. The van der Waals surface area contributed by atoms with Gasteiger partial charge >= 0.3 is 0 Å². The first-order valence-electron chi connectivity index (χ1n) is 5.91. The minimum Gasteiger partial charge on any atom is -0.356 e. The summed E-state index contributed by atoms with van der Waals surface area (Å²) in [5.41, 5.74) is 0. The van der Waals surface area contributed by atoms with E-state index in [-0.39, 0.29) is 5.91 Å². The Balaban J connectivity index is 2.02. The Bertz CT molecular complexity index is 293. The van der Waals surface area contributed by atoms with Crippen molar-refractivity contribution in [3.63, 3.8) is 0 Å². The van der Waals surface area contributed by atoms with E-state index in [0.717, 1.165) is 31.6 Å². The van der Waals surface area contributed by atoms with Gasteiger partial charge in [-0.25, -0.2) is 0 Å². The molecule has 1 aliphatic rings. The first kappa shape index (κ1) is 14.1. The number of carbonyl (C=O) groups excluding carboxylic acids is 1. The lowest BCUT2D eigenvalue weighted by atomic mass is 10.3. The van der Waals surface area contributed by atoms with Gasteiger partial charge in [-0.1, -0.05) is 13.3 Å². The zero-order valence-corrected chi connectivity index (χ0v) is 11.2. The molecule has 1 aliphatic heterocycles. The summed E-state index contributed by atoms with van der Waals surface area (Å²) < 4.78 is 0. The maximum atomic E-state index is 11.4. The summed E-state index contributed by atoms with van der Waals surface area (Å²) >= 11 is 1.56. The number of amides is 1. The summed E-state index contributed by atoms with van der Waals surface area (Å²) in [5, 5.41) is 17.7. The van der Waals surface area contributed by atoms with E-state index in [1.54, 1.807) is 11.8 Å². The molecule has 1 amide bonds. The molecule has 0 radical (unpaired) electrons. The maximum Gasteiger partial charge on any atom is 0.237 e. The molecule has 96 valence electrons. The van der Waals surface area contributed by atoms with Crippen molar-refractivity contribution in [1.82, 2.24) is 5.32 Å². The van der Waals surface area contributed by atoms with E-state index in [1.807, 2.05) is 6.92 Å². The number of unbranched alkanes of at least 4 members (excludes halogenated alkanes) is 1. The highest BCUT2D eigenvalue weighted by Crippen LogP contribution is 2.32. The number of carbonyl (C=O) groups is 1. The van der Waals surface area contributed by atoms with Crippen molar-refractivity contribution in [3.05, 3.63) is 0 Å². The summed E-state index contributed by atoms with van der Waals surface area (Å²) in [6, 6.07) is 0. The number of nitrogens with one attached hydrogen (secondary N) is 1. The van der Waals surface area contributed by atoms with Gasteiger partial charge in [-0.15, -0.1) is 22.0 Å². The molecule has 0 aromatic heterocycles. The van der Waals surface area contributed by atoms with Gasteiger partial charge in [0, 0.05) is 13.0 Å². The Labute approximate surface area is 106 Å². The quantitative estimate of drug-likeness (QED) is 0.678. The minimum atomic E-state index is -0.571. The van der Waals surface area contributed by atoms with Crippen LogP contribution >= 0.6 is 11.8 Å². The van der Waals surface area contributed by atoms with Crippen LogP contribution in [0.1, 0.15) is 39.5 Å². The second kappa shape index (κ2) is 7.37. The highest BCUT2D eigenvalue weighted by Gasteiger charge is 2.26. The predicted molar refractivity (Wildman–Crippen MR) is 67.7 cm³/mol. The molecule has 6 nitrogen and oxygen atoms in total. The average Bonchev–Trinajstić information content (AvgIpc) is 2.73. The third-order valence-corrected chi connectivity index (χ3v) is 3.48. The van der Waals surface area contributed by atoms with Crippen molar-refractivity contribution in [3.8, 4) is 0 Å². The van der Waals surface area contributed by atoms with Crippen LogP contribution in [0.5, 0.6) is 0 Å². The van der Waals surface area contributed by atoms with Crippen molar-refractivity contribution in [2.75, 3.05) is 12.3 Å². The molecule has 0 atom stereocenters. The SMILES string of the molecule is CCCCNC(=O)CCCSC1(C)N=NN=N1. The summed E-state index contributed by atoms with van der Waals surface area (Å²) in [6.45, 7) is 4.75. The summed E-state index contributed by atoms with van der Waals surface area (Å²) in [6.07, 6.45) is 3.52. The Morgan fingerprint density at radius 2 is 2.00 bits per heavy atom. The first-order chi connectivity index (χ1) is 8.16. The van der Waals surface area contributed by atoms with Gasteiger partial charge in [0.25, 0.3) is 0 Å². The summed E-state index contributed by atoms with van der Waals surface area (Å²) in [4.78, 5) is 10.8. The maximum absolute atomic E-state index is 11.4. The topological polar surface area (TPSA) is 78.5 Å². The monoisotopic (exact) mass is 257 g/mol. The van der Waals surface area contributed by atoms with E-state index in [4.69, 9.17) is 0 Å². The smallest absolute Gasteiger partial charge is 0.237 e. The highest BCUT2D eigenvalue weighted by molar-refractivity contribution is 8.00. The fourth-order valence-electron chi connectivity index (χ4n) is 1.27. The van der Waals surface area contributed by atoms with E-state index in [9.17, 15) is 4.79 Å². The van der Waals surface area contributed by atoms with E-state index in [0.29, 0.717) is 6.42 Å². The van der Waals surface area contributed by atoms with Gasteiger partial charge in [-0.05, 0) is 36.0 Å². The molecule has 0 bridgehead atoms. The van der Waals surface area contributed by atoms with Gasteiger partial charge in [0.1, 0.15) is 0 Å². The molecule has 0 aromatic rings. The fraction of sp³-hybridized carbons (Fsp3) is 0.900. The van der Waals surface area contributed by atoms with Crippen LogP contribution in [0.15, 0.2) is 20.7 Å². The van der Waals surface area contributed by atoms with Gasteiger partial charge in [-0.3, -0.25) is 4.79 Å². The second-order valence-electron chi connectivity index (χ2n) is 3.97. The Hall–Kier alpha value is -0.980. The molecule has 1 heterocycles. The zero-order valence-electron chi connectivity index (χ0n) is 10.3. The molecule has 0 saturated heterocycles. The Kier molecular flexibility index (Phi) is 6.10. The van der Waals surface area contributed by atoms with Crippen LogP contribution in [0, 0.1) is 0 Å². The molecule has 1 N–H and O–H groups in total. The van der Waals surface area contributed by atoms with E-state index < -0.39 is 4.99 Å². The molecule has 1 rings (SSSR count). The molecule has 0 aromatic carbocycles. The third kappa shape index (κ3) is 5.76. The molecule has 7 heteroatoms. The van der Waals surface area contributed by atoms with Crippen LogP contribution < -0.4 is 5.32 Å². The van der Waals surface area contributed by atoms with E-state index >= 15 is 0 Å². The van der Waals surface area contributed by atoms with Crippen molar-refractivity contribution in [2.45, 2.75) is 44.5 Å². The van der Waals surface area contributed by atoms with Gasteiger partial charge in [0.05, 0.1) is 0 Å². The molecule has 0 saturated carbocycles. The number of rotatable bonds is 8. The Morgan fingerprint density at radius 1 is 1.29 bits per heavy atom. The van der Waals surface area contributed by atoms with Crippen molar-refractivity contribution in [2.24, 2.45) is 20.7 Å². The van der Waals surface area contributed by atoms with Crippen LogP contribution in [0.25, 0.3) is 0 Å². The number of nitrogens with zero attached hydrogens (tertiary/aromatic N) is 4. The number of hydrogen-bond acceptors (Lipinski definition) is 6. The van der Waals surface area contributed by atoms with E-state index in [1.165, 1.54) is 0 Å². The van der Waals surface area contributed by atoms with Gasteiger partial charge in [0.2, 0.25) is 10.9 Å². The molecular weight excluding hydrogens is 238 g/mol. The lowest BCUT2D eigenvalue weighted by Crippen LogP contribution is -2.24. The zero-order chi connectivity index (χ0) is 12.6. The molecule has 0 spiro atoms. The third-order valence-electron chi connectivity index (χ3n) is 2.28.